The van der Waals surface area contributed by atoms with E-state index < -0.39 is 0 Å². The molecule has 0 spiro atoms. The highest BCUT2D eigenvalue weighted by Crippen LogP contribution is 2.14. The molecule has 0 aliphatic carbocycles. The lowest BCUT2D eigenvalue weighted by Crippen LogP contribution is -2.46. The molecular formula is C17H24N2O2. The highest BCUT2D eigenvalue weighted by atomic mass is 16.5. The number of rotatable bonds is 5. The molecule has 1 saturated heterocycles. The van der Waals surface area contributed by atoms with Crippen LogP contribution in [-0.2, 0) is 4.74 Å². The lowest BCUT2D eigenvalue weighted by Gasteiger charge is -2.33. The van der Waals surface area contributed by atoms with Crippen LogP contribution < -0.4 is 0 Å². The van der Waals surface area contributed by atoms with E-state index in [0.29, 0.717) is 19.7 Å². The second-order valence-electron chi connectivity index (χ2n) is 5.66. The first kappa shape index (κ1) is 15.7. The molecule has 4 heteroatoms. The maximum absolute atomic E-state index is 12.5. The van der Waals surface area contributed by atoms with Crippen LogP contribution in [0, 0.1) is 0 Å². The van der Waals surface area contributed by atoms with E-state index in [9.17, 15) is 4.79 Å². The predicted octanol–water partition coefficient (Wildman–Crippen LogP) is 2.12. The Bertz CT molecular complexity index is 482. The first-order chi connectivity index (χ1) is 10.1. The number of hydrogen-bond donors (Lipinski definition) is 0. The van der Waals surface area contributed by atoms with Gasteiger partial charge in [-0.1, -0.05) is 24.8 Å². The van der Waals surface area contributed by atoms with Crippen LogP contribution in [0.25, 0.3) is 6.08 Å². The van der Waals surface area contributed by atoms with Gasteiger partial charge < -0.3 is 14.5 Å². The highest BCUT2D eigenvalue weighted by molar-refractivity contribution is 5.94. The minimum Gasteiger partial charge on any atom is -0.374 e. The zero-order valence-corrected chi connectivity index (χ0v) is 12.9. The number of morpholine rings is 1. The second-order valence-corrected chi connectivity index (χ2v) is 5.66. The van der Waals surface area contributed by atoms with Crippen molar-refractivity contribution in [3.8, 4) is 0 Å². The van der Waals surface area contributed by atoms with Crippen molar-refractivity contribution in [2.24, 2.45) is 0 Å². The van der Waals surface area contributed by atoms with Crippen molar-refractivity contribution in [3.05, 3.63) is 42.0 Å². The molecule has 1 amide bonds. The zero-order chi connectivity index (χ0) is 15.2. The summed E-state index contributed by atoms with van der Waals surface area (Å²) in [5.41, 5.74) is 1.76. The summed E-state index contributed by atoms with van der Waals surface area (Å²) in [7, 11) is 4.10. The number of amides is 1. The lowest BCUT2D eigenvalue weighted by molar-refractivity contribution is -0.0269. The van der Waals surface area contributed by atoms with E-state index in [1.54, 1.807) is 6.08 Å². The van der Waals surface area contributed by atoms with Gasteiger partial charge in [0.05, 0.1) is 12.7 Å². The van der Waals surface area contributed by atoms with Crippen molar-refractivity contribution >= 4 is 12.0 Å². The Labute approximate surface area is 127 Å². The van der Waals surface area contributed by atoms with Gasteiger partial charge in [0.2, 0.25) is 0 Å². The first-order valence-corrected chi connectivity index (χ1v) is 7.38. The Morgan fingerprint density at radius 1 is 1.43 bits per heavy atom. The molecule has 1 fully saturated rings. The van der Waals surface area contributed by atoms with Crippen LogP contribution >= 0.6 is 0 Å². The quantitative estimate of drug-likeness (QED) is 0.832. The number of carbonyl (C=O) groups is 1. The van der Waals surface area contributed by atoms with Gasteiger partial charge in [-0.2, -0.15) is 0 Å². The van der Waals surface area contributed by atoms with Crippen molar-refractivity contribution in [1.29, 1.82) is 0 Å². The van der Waals surface area contributed by atoms with Gasteiger partial charge in [-0.05, 0) is 38.2 Å². The fraction of sp³-hybridized carbons (Fsp3) is 0.471. The maximum atomic E-state index is 12.5. The molecule has 0 unspecified atom stereocenters. The molecule has 1 atom stereocenters. The van der Waals surface area contributed by atoms with Crippen molar-refractivity contribution in [1.82, 2.24) is 9.80 Å². The van der Waals surface area contributed by atoms with E-state index in [-0.39, 0.29) is 12.0 Å². The van der Waals surface area contributed by atoms with Gasteiger partial charge in [0.15, 0.2) is 0 Å². The number of carbonyl (C=O) groups excluding carboxylic acids is 1. The number of benzene rings is 1. The molecule has 0 aromatic heterocycles. The van der Waals surface area contributed by atoms with Gasteiger partial charge in [-0.25, -0.2) is 0 Å². The van der Waals surface area contributed by atoms with E-state index in [4.69, 9.17) is 4.74 Å². The van der Waals surface area contributed by atoms with E-state index in [1.807, 2.05) is 43.3 Å². The summed E-state index contributed by atoms with van der Waals surface area (Å²) in [5.74, 6) is 0.0868. The molecule has 0 saturated carbocycles. The molecule has 21 heavy (non-hydrogen) atoms. The summed E-state index contributed by atoms with van der Waals surface area (Å²) >= 11 is 0. The van der Waals surface area contributed by atoms with E-state index in [1.165, 1.54) is 0 Å². The van der Waals surface area contributed by atoms with E-state index in [0.717, 1.165) is 24.1 Å². The molecule has 114 valence electrons. The molecule has 1 aliphatic heterocycles. The van der Waals surface area contributed by atoms with Crippen molar-refractivity contribution in [2.75, 3.05) is 40.3 Å². The molecular weight excluding hydrogens is 264 g/mol. The van der Waals surface area contributed by atoms with E-state index in [2.05, 4.69) is 11.5 Å². The summed E-state index contributed by atoms with van der Waals surface area (Å²) in [6.07, 6.45) is 2.87. The van der Waals surface area contributed by atoms with Crippen LogP contribution in [0.2, 0.25) is 0 Å². The van der Waals surface area contributed by atoms with Gasteiger partial charge in [0, 0.05) is 25.2 Å². The van der Waals surface area contributed by atoms with Crippen LogP contribution in [0.3, 0.4) is 0 Å². The fourth-order valence-electron chi connectivity index (χ4n) is 2.42. The average molecular weight is 288 g/mol. The Morgan fingerprint density at radius 3 is 2.76 bits per heavy atom. The Hall–Kier alpha value is -1.65. The van der Waals surface area contributed by atoms with Crippen LogP contribution in [0.5, 0.6) is 0 Å². The third-order valence-corrected chi connectivity index (χ3v) is 3.72. The van der Waals surface area contributed by atoms with Gasteiger partial charge in [0.25, 0.3) is 5.91 Å². The summed E-state index contributed by atoms with van der Waals surface area (Å²) < 4.78 is 5.75. The normalized spacial score (nSPS) is 18.8. The number of hydrogen-bond acceptors (Lipinski definition) is 3. The summed E-state index contributed by atoms with van der Waals surface area (Å²) in [5, 5.41) is 0. The first-order valence-electron chi connectivity index (χ1n) is 7.38. The summed E-state index contributed by atoms with van der Waals surface area (Å²) in [6.45, 7) is 6.66. The largest absolute Gasteiger partial charge is 0.374 e. The molecule has 0 bridgehead atoms. The maximum Gasteiger partial charge on any atom is 0.254 e. The van der Waals surface area contributed by atoms with E-state index >= 15 is 0 Å². The number of nitrogens with zero attached hydrogens (tertiary/aromatic N) is 2. The molecule has 1 heterocycles. The minimum atomic E-state index is 0.0868. The van der Waals surface area contributed by atoms with Gasteiger partial charge in [0.1, 0.15) is 0 Å². The number of ether oxygens (including phenoxy) is 1. The third-order valence-electron chi connectivity index (χ3n) is 3.72. The van der Waals surface area contributed by atoms with Crippen molar-refractivity contribution in [3.63, 3.8) is 0 Å². The van der Waals surface area contributed by atoms with Crippen molar-refractivity contribution in [2.45, 2.75) is 12.5 Å². The molecule has 0 radical (unpaired) electrons. The minimum absolute atomic E-state index is 0.0868. The van der Waals surface area contributed by atoms with Crippen LogP contribution in [0.4, 0.5) is 0 Å². The molecule has 1 aromatic rings. The topological polar surface area (TPSA) is 32.8 Å². The smallest absolute Gasteiger partial charge is 0.254 e. The predicted molar refractivity (Wildman–Crippen MR) is 85.3 cm³/mol. The van der Waals surface area contributed by atoms with Gasteiger partial charge >= 0.3 is 0 Å². The second kappa shape index (κ2) is 7.38. The third kappa shape index (κ3) is 4.41. The van der Waals surface area contributed by atoms with Crippen LogP contribution in [0.1, 0.15) is 22.3 Å². The van der Waals surface area contributed by atoms with Crippen LogP contribution in [0.15, 0.2) is 30.8 Å². The lowest BCUT2D eigenvalue weighted by atomic mass is 10.1. The SMILES string of the molecule is C=Cc1ccc(C(=O)N2CCO[C@@H](CCN(C)C)C2)cc1. The zero-order valence-electron chi connectivity index (χ0n) is 12.9. The molecule has 1 aromatic carbocycles. The molecule has 4 nitrogen and oxygen atoms in total. The van der Waals surface area contributed by atoms with Crippen molar-refractivity contribution < 1.29 is 9.53 Å². The molecule has 2 rings (SSSR count). The Kier molecular flexibility index (Phi) is 5.53. The Balaban J connectivity index is 1.96. The standard InChI is InChI=1S/C17H24N2O2/c1-4-14-5-7-15(8-6-14)17(20)19-11-12-21-16(13-19)9-10-18(2)3/h4-8,16H,1,9-13H2,2-3H3/t16-/m0/s1. The van der Waals surface area contributed by atoms with Crippen LogP contribution in [-0.4, -0.2) is 62.1 Å². The highest BCUT2D eigenvalue weighted by Gasteiger charge is 2.24. The van der Waals surface area contributed by atoms with Gasteiger partial charge in [-0.3, -0.25) is 4.79 Å². The monoisotopic (exact) mass is 288 g/mol. The molecule has 1 aliphatic rings. The average Bonchev–Trinajstić information content (AvgIpc) is 2.52. The summed E-state index contributed by atoms with van der Waals surface area (Å²) in [6, 6.07) is 7.57. The van der Waals surface area contributed by atoms with Gasteiger partial charge in [-0.15, -0.1) is 0 Å². The fourth-order valence-corrected chi connectivity index (χ4v) is 2.42. The molecule has 0 N–H and O–H groups in total. The Morgan fingerprint density at radius 2 is 2.14 bits per heavy atom. The summed E-state index contributed by atoms with van der Waals surface area (Å²) in [4.78, 5) is 16.5.